The fraction of sp³-hybridized carbons (Fsp3) is 0.500. The Morgan fingerprint density at radius 3 is 2.94 bits per heavy atom. The monoisotopic (exact) mass is 220 g/mol. The summed E-state index contributed by atoms with van der Waals surface area (Å²) in [5.41, 5.74) is 1.20. The Balaban J connectivity index is 1.93. The van der Waals surface area contributed by atoms with E-state index in [0.717, 1.165) is 31.1 Å². The summed E-state index contributed by atoms with van der Waals surface area (Å²) in [5.74, 6) is 1.78. The average Bonchev–Trinajstić information content (AvgIpc) is 2.39. The van der Waals surface area contributed by atoms with Gasteiger partial charge in [-0.05, 0) is 6.07 Å². The summed E-state index contributed by atoms with van der Waals surface area (Å²) in [6.45, 7) is 4.26. The Morgan fingerprint density at radius 2 is 2.06 bits per heavy atom. The van der Waals surface area contributed by atoms with E-state index in [1.807, 2.05) is 12.1 Å². The van der Waals surface area contributed by atoms with Crippen LogP contribution >= 0.6 is 0 Å². The molecule has 1 saturated heterocycles. The number of rotatable bonds is 1. The highest BCUT2D eigenvalue weighted by atomic mass is 16.6. The molecule has 2 aliphatic rings. The van der Waals surface area contributed by atoms with Crippen molar-refractivity contribution in [2.24, 2.45) is 0 Å². The van der Waals surface area contributed by atoms with Crippen molar-refractivity contribution in [1.82, 2.24) is 10.6 Å². The molecule has 1 atom stereocenters. The molecule has 2 heterocycles. The third-order valence-electron chi connectivity index (χ3n) is 3.01. The van der Waals surface area contributed by atoms with Crippen LogP contribution in [0.2, 0.25) is 0 Å². The van der Waals surface area contributed by atoms with Crippen LogP contribution in [0, 0.1) is 0 Å². The summed E-state index contributed by atoms with van der Waals surface area (Å²) < 4.78 is 11.3. The number of piperazine rings is 1. The van der Waals surface area contributed by atoms with E-state index in [4.69, 9.17) is 9.47 Å². The summed E-state index contributed by atoms with van der Waals surface area (Å²) >= 11 is 0. The maximum atomic E-state index is 5.72. The molecule has 0 saturated carbocycles. The summed E-state index contributed by atoms with van der Waals surface area (Å²) in [4.78, 5) is 0. The number of para-hydroxylation sites is 1. The van der Waals surface area contributed by atoms with E-state index < -0.39 is 0 Å². The lowest BCUT2D eigenvalue weighted by Gasteiger charge is -2.28. The first kappa shape index (κ1) is 9.93. The van der Waals surface area contributed by atoms with E-state index in [1.165, 1.54) is 5.56 Å². The van der Waals surface area contributed by atoms with Gasteiger partial charge < -0.3 is 20.1 Å². The molecule has 0 spiro atoms. The molecule has 4 nitrogen and oxygen atoms in total. The second kappa shape index (κ2) is 4.31. The molecule has 2 N–H and O–H groups in total. The highest BCUT2D eigenvalue weighted by molar-refractivity contribution is 5.49. The predicted molar refractivity (Wildman–Crippen MR) is 61.0 cm³/mol. The lowest BCUT2D eigenvalue weighted by Crippen LogP contribution is -2.42. The molecular formula is C12H16N2O2. The van der Waals surface area contributed by atoms with Crippen LogP contribution in [0.1, 0.15) is 11.6 Å². The van der Waals surface area contributed by atoms with Gasteiger partial charge in [0, 0.05) is 31.2 Å². The average molecular weight is 220 g/mol. The summed E-state index contributed by atoms with van der Waals surface area (Å²) in [7, 11) is 0. The molecule has 0 aliphatic carbocycles. The van der Waals surface area contributed by atoms with Crippen molar-refractivity contribution >= 4 is 0 Å². The number of ether oxygens (including phenoxy) is 2. The van der Waals surface area contributed by atoms with Gasteiger partial charge in [-0.15, -0.1) is 0 Å². The number of nitrogens with one attached hydrogen (secondary N) is 2. The topological polar surface area (TPSA) is 42.5 Å². The Hall–Kier alpha value is -1.26. The molecule has 0 amide bonds. The number of hydrogen-bond donors (Lipinski definition) is 2. The number of fused-ring (bicyclic) bond motifs is 1. The van der Waals surface area contributed by atoms with Crippen molar-refractivity contribution in [2.45, 2.75) is 6.04 Å². The lowest BCUT2D eigenvalue weighted by atomic mass is 10.0. The quantitative estimate of drug-likeness (QED) is 0.731. The van der Waals surface area contributed by atoms with Crippen molar-refractivity contribution in [3.8, 4) is 11.5 Å². The third kappa shape index (κ3) is 1.74. The Morgan fingerprint density at radius 1 is 1.12 bits per heavy atom. The molecule has 0 aromatic heterocycles. The molecule has 3 rings (SSSR count). The molecule has 2 aliphatic heterocycles. The van der Waals surface area contributed by atoms with Gasteiger partial charge in [-0.25, -0.2) is 0 Å². The molecule has 16 heavy (non-hydrogen) atoms. The molecule has 86 valence electrons. The van der Waals surface area contributed by atoms with Gasteiger partial charge >= 0.3 is 0 Å². The molecule has 1 aromatic carbocycles. The minimum atomic E-state index is 0.324. The lowest BCUT2D eigenvalue weighted by molar-refractivity contribution is 0.168. The Kier molecular flexibility index (Phi) is 2.68. The highest BCUT2D eigenvalue weighted by Gasteiger charge is 2.22. The van der Waals surface area contributed by atoms with E-state index in [0.29, 0.717) is 19.3 Å². The molecule has 1 fully saturated rings. The van der Waals surface area contributed by atoms with E-state index in [9.17, 15) is 0 Å². The van der Waals surface area contributed by atoms with E-state index in [-0.39, 0.29) is 0 Å². The van der Waals surface area contributed by atoms with Crippen LogP contribution in [0.15, 0.2) is 18.2 Å². The maximum absolute atomic E-state index is 5.72. The second-order valence-electron chi connectivity index (χ2n) is 4.08. The van der Waals surface area contributed by atoms with Crippen molar-refractivity contribution in [1.29, 1.82) is 0 Å². The van der Waals surface area contributed by atoms with Crippen LogP contribution < -0.4 is 20.1 Å². The first-order valence-corrected chi connectivity index (χ1v) is 5.78. The third-order valence-corrected chi connectivity index (χ3v) is 3.01. The minimum absolute atomic E-state index is 0.324. The summed E-state index contributed by atoms with van der Waals surface area (Å²) in [5, 5.41) is 6.87. The van der Waals surface area contributed by atoms with E-state index >= 15 is 0 Å². The minimum Gasteiger partial charge on any atom is -0.486 e. The Labute approximate surface area is 94.9 Å². The zero-order chi connectivity index (χ0) is 10.8. The molecule has 1 aromatic rings. The highest BCUT2D eigenvalue weighted by Crippen LogP contribution is 2.36. The van der Waals surface area contributed by atoms with Gasteiger partial charge in [-0.3, -0.25) is 0 Å². The van der Waals surface area contributed by atoms with Crippen LogP contribution in [-0.2, 0) is 0 Å². The molecule has 0 bridgehead atoms. The van der Waals surface area contributed by atoms with Crippen LogP contribution in [-0.4, -0.2) is 32.8 Å². The molecule has 0 radical (unpaired) electrons. The zero-order valence-electron chi connectivity index (χ0n) is 9.16. The first-order chi connectivity index (χ1) is 7.95. The predicted octanol–water partition coefficient (Wildman–Crippen LogP) is 0.692. The van der Waals surface area contributed by atoms with Gasteiger partial charge in [0.1, 0.15) is 13.2 Å². The largest absolute Gasteiger partial charge is 0.486 e. The zero-order valence-corrected chi connectivity index (χ0v) is 9.16. The van der Waals surface area contributed by atoms with Gasteiger partial charge in [0.25, 0.3) is 0 Å². The van der Waals surface area contributed by atoms with Crippen LogP contribution in [0.5, 0.6) is 11.5 Å². The number of hydrogen-bond acceptors (Lipinski definition) is 4. The van der Waals surface area contributed by atoms with Crippen LogP contribution in [0.4, 0.5) is 0 Å². The Bertz CT molecular complexity index is 375. The SMILES string of the molecule is c1cc2c(c([C@@H]3CNCCN3)c1)OCCO2. The standard InChI is InChI=1S/C12H16N2O2/c1-2-9(10-8-13-4-5-14-10)12-11(3-1)15-6-7-16-12/h1-3,10,13-14H,4-8H2/t10-/m0/s1. The smallest absolute Gasteiger partial charge is 0.166 e. The van der Waals surface area contributed by atoms with Crippen molar-refractivity contribution in [3.05, 3.63) is 23.8 Å². The number of benzene rings is 1. The van der Waals surface area contributed by atoms with Gasteiger partial charge in [0.05, 0.1) is 0 Å². The fourth-order valence-corrected chi connectivity index (χ4v) is 2.24. The fourth-order valence-electron chi connectivity index (χ4n) is 2.24. The van der Waals surface area contributed by atoms with Gasteiger partial charge in [0.2, 0.25) is 0 Å². The molecule has 4 heteroatoms. The van der Waals surface area contributed by atoms with Crippen LogP contribution in [0.3, 0.4) is 0 Å². The van der Waals surface area contributed by atoms with Gasteiger partial charge in [-0.2, -0.15) is 0 Å². The van der Waals surface area contributed by atoms with Crippen molar-refractivity contribution in [3.63, 3.8) is 0 Å². The van der Waals surface area contributed by atoms with Crippen molar-refractivity contribution in [2.75, 3.05) is 32.8 Å². The second-order valence-corrected chi connectivity index (χ2v) is 4.08. The normalized spacial score (nSPS) is 24.1. The molecule has 0 unspecified atom stereocenters. The van der Waals surface area contributed by atoms with E-state index in [2.05, 4.69) is 16.7 Å². The van der Waals surface area contributed by atoms with Gasteiger partial charge in [0.15, 0.2) is 11.5 Å². The van der Waals surface area contributed by atoms with Crippen LogP contribution in [0.25, 0.3) is 0 Å². The van der Waals surface area contributed by atoms with Crippen molar-refractivity contribution < 1.29 is 9.47 Å². The summed E-state index contributed by atoms with van der Waals surface area (Å²) in [6.07, 6.45) is 0. The molecular weight excluding hydrogens is 204 g/mol. The maximum Gasteiger partial charge on any atom is 0.166 e. The van der Waals surface area contributed by atoms with Gasteiger partial charge in [-0.1, -0.05) is 12.1 Å². The summed E-state index contributed by atoms with van der Waals surface area (Å²) in [6, 6.07) is 6.43. The van der Waals surface area contributed by atoms with E-state index in [1.54, 1.807) is 0 Å². The first-order valence-electron chi connectivity index (χ1n) is 5.78.